The van der Waals surface area contributed by atoms with Crippen LogP contribution in [-0.4, -0.2) is 42.5 Å². The van der Waals surface area contributed by atoms with Crippen LogP contribution in [0.5, 0.6) is 11.5 Å². The van der Waals surface area contributed by atoms with Gasteiger partial charge in [0.25, 0.3) is 11.8 Å². The summed E-state index contributed by atoms with van der Waals surface area (Å²) in [5.41, 5.74) is 3.69. The number of aliphatic hydroxyl groups is 1. The van der Waals surface area contributed by atoms with Crippen LogP contribution in [0.25, 0.3) is 6.08 Å². The van der Waals surface area contributed by atoms with Crippen molar-refractivity contribution >= 4 is 29.9 Å². The number of aromatic hydroxyl groups is 1. The van der Waals surface area contributed by atoms with Gasteiger partial charge in [0.1, 0.15) is 11.9 Å². The number of carbonyl (C=O) groups excluding carboxylic acids is 3. The smallest absolute Gasteiger partial charge is 0.282 e. The van der Waals surface area contributed by atoms with Crippen molar-refractivity contribution in [1.82, 2.24) is 5.43 Å². The third-order valence-electron chi connectivity index (χ3n) is 3.67. The number of hydrogen-bond acceptors (Lipinski definition) is 6. The van der Waals surface area contributed by atoms with Gasteiger partial charge in [0.2, 0.25) is 0 Å². The molecule has 1 saturated heterocycles. The van der Waals surface area contributed by atoms with Crippen molar-refractivity contribution in [3.8, 4) is 11.5 Å². The van der Waals surface area contributed by atoms with Crippen molar-refractivity contribution in [3.05, 3.63) is 59.2 Å². The van der Waals surface area contributed by atoms with E-state index in [0.717, 1.165) is 12.1 Å². The second-order valence-corrected chi connectivity index (χ2v) is 5.28. The van der Waals surface area contributed by atoms with E-state index in [1.165, 1.54) is 31.4 Å². The number of hydrazine groups is 1. The van der Waals surface area contributed by atoms with Crippen molar-refractivity contribution in [2.75, 3.05) is 19.2 Å². The summed E-state index contributed by atoms with van der Waals surface area (Å²) in [4.78, 5) is 35.6. The summed E-state index contributed by atoms with van der Waals surface area (Å²) >= 11 is 0. The number of benzene rings is 2. The standard InChI is InChI=1S/C18H14N2O5.C2H6.CH4O/c1-25-16-9-11(5-6-15(16)22)8-14-17(23)19-20(18(14)24)13-4-2-3-12(7-13)10-21;2*1-2/h2-10,22H,1H3,(H,19,23);1-2H3;2H,1H3/b14-8+;;. The average molecular weight is 400 g/mol. The minimum Gasteiger partial charge on any atom is -0.504 e. The van der Waals surface area contributed by atoms with Gasteiger partial charge in [-0.05, 0) is 35.9 Å². The Morgan fingerprint density at radius 3 is 2.34 bits per heavy atom. The molecule has 8 heteroatoms. The predicted molar refractivity (Wildman–Crippen MR) is 110 cm³/mol. The summed E-state index contributed by atoms with van der Waals surface area (Å²) in [6.45, 7) is 4.00. The van der Waals surface area contributed by atoms with E-state index in [2.05, 4.69) is 5.43 Å². The number of methoxy groups -OCH3 is 1. The van der Waals surface area contributed by atoms with Gasteiger partial charge in [-0.1, -0.05) is 32.0 Å². The Labute approximate surface area is 169 Å². The van der Waals surface area contributed by atoms with Gasteiger partial charge in [0.05, 0.1) is 12.8 Å². The van der Waals surface area contributed by atoms with Crippen molar-refractivity contribution < 1.29 is 29.3 Å². The van der Waals surface area contributed by atoms with Crippen LogP contribution >= 0.6 is 0 Å². The molecule has 2 aromatic carbocycles. The number of rotatable bonds is 4. The first-order valence-electron chi connectivity index (χ1n) is 8.77. The Bertz CT molecular complexity index is 908. The molecule has 2 amide bonds. The number of ether oxygens (including phenoxy) is 1. The SMILES string of the molecule is CC.CO.COc1cc(/C=C2\C(=O)NN(c3cccc(C=O)c3)C2=O)ccc1O. The van der Waals surface area contributed by atoms with E-state index in [4.69, 9.17) is 9.84 Å². The Kier molecular flexibility index (Phi) is 9.07. The number of aldehydes is 1. The predicted octanol–water partition coefficient (Wildman–Crippen LogP) is 2.31. The zero-order valence-corrected chi connectivity index (χ0v) is 16.7. The highest BCUT2D eigenvalue weighted by Gasteiger charge is 2.34. The van der Waals surface area contributed by atoms with Crippen LogP contribution in [0.2, 0.25) is 0 Å². The van der Waals surface area contributed by atoms with E-state index >= 15 is 0 Å². The zero-order chi connectivity index (χ0) is 22.0. The highest BCUT2D eigenvalue weighted by molar-refractivity contribution is 6.31. The normalized spacial score (nSPS) is 13.7. The van der Waals surface area contributed by atoms with Crippen molar-refractivity contribution in [1.29, 1.82) is 0 Å². The molecule has 0 atom stereocenters. The largest absolute Gasteiger partial charge is 0.504 e. The molecule has 3 rings (SSSR count). The molecule has 0 aromatic heterocycles. The van der Waals surface area contributed by atoms with E-state index in [-0.39, 0.29) is 17.1 Å². The number of nitrogens with zero attached hydrogens (tertiary/aromatic N) is 1. The zero-order valence-electron chi connectivity index (χ0n) is 16.7. The summed E-state index contributed by atoms with van der Waals surface area (Å²) in [5.74, 6) is -0.913. The quantitative estimate of drug-likeness (QED) is 0.412. The molecule has 0 spiro atoms. The molecule has 3 N–H and O–H groups in total. The van der Waals surface area contributed by atoms with Gasteiger partial charge in [0.15, 0.2) is 11.5 Å². The maximum absolute atomic E-state index is 12.5. The van der Waals surface area contributed by atoms with Crippen LogP contribution in [-0.2, 0) is 9.59 Å². The molecular weight excluding hydrogens is 376 g/mol. The molecule has 0 radical (unpaired) electrons. The fourth-order valence-corrected chi connectivity index (χ4v) is 2.43. The van der Waals surface area contributed by atoms with Crippen LogP contribution < -0.4 is 15.2 Å². The van der Waals surface area contributed by atoms with Gasteiger partial charge < -0.3 is 14.9 Å². The summed E-state index contributed by atoms with van der Waals surface area (Å²) in [7, 11) is 2.40. The lowest BCUT2D eigenvalue weighted by molar-refractivity contribution is -0.117. The molecule has 1 fully saturated rings. The minimum atomic E-state index is -0.562. The number of aliphatic hydroxyl groups excluding tert-OH is 1. The second kappa shape index (κ2) is 11.3. The number of phenols is 1. The van der Waals surface area contributed by atoms with Gasteiger partial charge in [-0.25, -0.2) is 5.01 Å². The van der Waals surface area contributed by atoms with Gasteiger partial charge in [0, 0.05) is 12.7 Å². The van der Waals surface area contributed by atoms with E-state index in [1.807, 2.05) is 13.8 Å². The highest BCUT2D eigenvalue weighted by atomic mass is 16.5. The van der Waals surface area contributed by atoms with Crippen molar-refractivity contribution in [2.45, 2.75) is 13.8 Å². The van der Waals surface area contributed by atoms with Crippen LogP contribution in [0.3, 0.4) is 0 Å². The van der Waals surface area contributed by atoms with Gasteiger partial charge in [-0.2, -0.15) is 0 Å². The van der Waals surface area contributed by atoms with Gasteiger partial charge in [-0.15, -0.1) is 0 Å². The van der Waals surface area contributed by atoms with E-state index in [1.54, 1.807) is 24.3 Å². The van der Waals surface area contributed by atoms with E-state index in [9.17, 15) is 19.5 Å². The van der Waals surface area contributed by atoms with Crippen molar-refractivity contribution in [2.24, 2.45) is 0 Å². The van der Waals surface area contributed by atoms with Crippen LogP contribution in [0.15, 0.2) is 48.0 Å². The number of hydrogen-bond donors (Lipinski definition) is 3. The maximum atomic E-state index is 12.5. The Morgan fingerprint density at radius 1 is 1.03 bits per heavy atom. The summed E-state index contributed by atoms with van der Waals surface area (Å²) in [6, 6.07) is 10.8. The Morgan fingerprint density at radius 2 is 1.72 bits per heavy atom. The molecule has 1 aliphatic rings. The van der Waals surface area contributed by atoms with Gasteiger partial charge >= 0.3 is 0 Å². The molecule has 154 valence electrons. The average Bonchev–Trinajstić information content (AvgIpc) is 3.06. The van der Waals surface area contributed by atoms with Crippen LogP contribution in [0.1, 0.15) is 29.8 Å². The summed E-state index contributed by atoms with van der Waals surface area (Å²) in [6.07, 6.45) is 2.06. The molecule has 0 unspecified atom stereocenters. The number of phenolic OH excluding ortho intramolecular Hbond substituents is 1. The van der Waals surface area contributed by atoms with E-state index in [0.29, 0.717) is 23.1 Å². The molecule has 0 bridgehead atoms. The lowest BCUT2D eigenvalue weighted by atomic mass is 10.1. The summed E-state index contributed by atoms with van der Waals surface area (Å²) in [5, 5.41) is 17.7. The lowest BCUT2D eigenvalue weighted by Gasteiger charge is -2.14. The lowest BCUT2D eigenvalue weighted by Crippen LogP contribution is -2.35. The molecule has 1 heterocycles. The van der Waals surface area contributed by atoms with E-state index < -0.39 is 11.8 Å². The highest BCUT2D eigenvalue weighted by Crippen LogP contribution is 2.28. The third kappa shape index (κ3) is 5.43. The van der Waals surface area contributed by atoms with Crippen LogP contribution in [0.4, 0.5) is 5.69 Å². The number of anilines is 1. The molecule has 0 aliphatic carbocycles. The van der Waals surface area contributed by atoms with Crippen LogP contribution in [0, 0.1) is 0 Å². The fraction of sp³-hybridized carbons (Fsp3) is 0.190. The molecule has 29 heavy (non-hydrogen) atoms. The first-order valence-corrected chi connectivity index (χ1v) is 8.77. The number of nitrogens with one attached hydrogen (secondary N) is 1. The monoisotopic (exact) mass is 400 g/mol. The number of amides is 2. The van der Waals surface area contributed by atoms with Gasteiger partial charge in [-0.3, -0.25) is 19.8 Å². The second-order valence-electron chi connectivity index (χ2n) is 5.28. The minimum absolute atomic E-state index is 0.0424. The Hall–Kier alpha value is -3.65. The molecular formula is C21H24N2O6. The number of carbonyl (C=O) groups is 3. The molecule has 8 nitrogen and oxygen atoms in total. The Balaban J connectivity index is 0.000000989. The molecule has 1 aliphatic heterocycles. The van der Waals surface area contributed by atoms with Crippen molar-refractivity contribution in [3.63, 3.8) is 0 Å². The first-order chi connectivity index (χ1) is 14.0. The fourth-order valence-electron chi connectivity index (χ4n) is 2.43. The first kappa shape index (κ1) is 23.4. The third-order valence-corrected chi connectivity index (χ3v) is 3.67. The maximum Gasteiger partial charge on any atom is 0.282 e. The molecule has 0 saturated carbocycles. The summed E-state index contributed by atoms with van der Waals surface area (Å²) < 4.78 is 5.01. The topological polar surface area (TPSA) is 116 Å². The molecule has 2 aromatic rings.